The number of nitrogens with zero attached hydrogens (tertiary/aromatic N) is 1. The van der Waals surface area contributed by atoms with E-state index in [4.69, 9.17) is 0 Å². The van der Waals surface area contributed by atoms with Crippen LogP contribution in [-0.2, 0) is 9.59 Å². The molecule has 1 aliphatic heterocycles. The van der Waals surface area contributed by atoms with Crippen molar-refractivity contribution in [3.05, 3.63) is 35.6 Å². The van der Waals surface area contributed by atoms with Gasteiger partial charge in [0.2, 0.25) is 5.91 Å². The second-order valence-corrected chi connectivity index (χ2v) is 5.11. The first-order chi connectivity index (χ1) is 10.6. The van der Waals surface area contributed by atoms with E-state index in [1.165, 1.54) is 23.1 Å². The summed E-state index contributed by atoms with van der Waals surface area (Å²) in [7, 11) is 0. The van der Waals surface area contributed by atoms with E-state index in [2.05, 4.69) is 10.9 Å². The summed E-state index contributed by atoms with van der Waals surface area (Å²) >= 11 is 0. The third-order valence-corrected chi connectivity index (χ3v) is 3.44. The molecule has 2 rings (SSSR count). The topological polar surface area (TPSA) is 78.5 Å². The molecule has 0 saturated carbocycles. The van der Waals surface area contributed by atoms with E-state index in [0.717, 1.165) is 25.3 Å². The molecule has 0 aliphatic carbocycles. The lowest BCUT2D eigenvalue weighted by Gasteiger charge is -2.19. The van der Waals surface area contributed by atoms with Gasteiger partial charge < -0.3 is 4.90 Å². The maximum absolute atomic E-state index is 13.4. The summed E-state index contributed by atoms with van der Waals surface area (Å²) < 4.78 is 13.4. The van der Waals surface area contributed by atoms with Crippen molar-refractivity contribution < 1.29 is 18.8 Å². The van der Waals surface area contributed by atoms with Crippen molar-refractivity contribution in [1.82, 2.24) is 15.8 Å². The second kappa shape index (κ2) is 7.53. The van der Waals surface area contributed by atoms with Crippen molar-refractivity contribution >= 4 is 17.7 Å². The fraction of sp³-hybridized carbons (Fsp3) is 0.400. The number of benzene rings is 1. The monoisotopic (exact) mass is 307 g/mol. The van der Waals surface area contributed by atoms with Crippen LogP contribution in [0.1, 0.15) is 36.0 Å². The van der Waals surface area contributed by atoms with E-state index < -0.39 is 17.6 Å². The lowest BCUT2D eigenvalue weighted by atomic mass is 10.2. The SMILES string of the molecule is O=C(CN1CCCCCC1=O)NNC(=O)c1ccccc1F. The Morgan fingerprint density at radius 3 is 2.68 bits per heavy atom. The van der Waals surface area contributed by atoms with Crippen LogP contribution in [0.15, 0.2) is 24.3 Å². The van der Waals surface area contributed by atoms with E-state index in [1.807, 2.05) is 0 Å². The standard InChI is InChI=1S/C15H18FN3O3/c16-12-7-4-3-6-11(12)15(22)18-17-13(20)10-19-9-5-1-2-8-14(19)21/h3-4,6-7H,1-2,5,8-10H2,(H,17,20)(H,18,22). The molecule has 1 aromatic rings. The van der Waals surface area contributed by atoms with E-state index in [0.29, 0.717) is 13.0 Å². The van der Waals surface area contributed by atoms with Gasteiger partial charge in [-0.1, -0.05) is 18.6 Å². The Morgan fingerprint density at radius 2 is 1.91 bits per heavy atom. The molecule has 118 valence electrons. The number of hydrogen-bond acceptors (Lipinski definition) is 3. The minimum Gasteiger partial charge on any atom is -0.333 e. The molecule has 1 aromatic carbocycles. The van der Waals surface area contributed by atoms with Gasteiger partial charge in [-0.3, -0.25) is 25.2 Å². The summed E-state index contributed by atoms with van der Waals surface area (Å²) in [6.45, 7) is 0.421. The van der Waals surface area contributed by atoms with Gasteiger partial charge in [-0.05, 0) is 25.0 Å². The molecule has 0 spiro atoms. The Bertz CT molecular complexity index is 577. The largest absolute Gasteiger partial charge is 0.333 e. The zero-order chi connectivity index (χ0) is 15.9. The fourth-order valence-electron chi connectivity index (χ4n) is 2.26. The van der Waals surface area contributed by atoms with Crippen LogP contribution in [0.5, 0.6) is 0 Å². The Morgan fingerprint density at radius 1 is 1.14 bits per heavy atom. The van der Waals surface area contributed by atoms with Crippen LogP contribution in [0, 0.1) is 5.82 Å². The van der Waals surface area contributed by atoms with E-state index in [-0.39, 0.29) is 18.0 Å². The van der Waals surface area contributed by atoms with Crippen molar-refractivity contribution in [3.8, 4) is 0 Å². The number of likely N-dealkylation sites (tertiary alicyclic amines) is 1. The summed E-state index contributed by atoms with van der Waals surface area (Å²) in [6, 6.07) is 5.47. The van der Waals surface area contributed by atoms with Gasteiger partial charge in [0.15, 0.2) is 0 Å². The Hall–Kier alpha value is -2.44. The molecule has 1 saturated heterocycles. The van der Waals surface area contributed by atoms with E-state index in [1.54, 1.807) is 0 Å². The van der Waals surface area contributed by atoms with Gasteiger partial charge in [-0.25, -0.2) is 4.39 Å². The van der Waals surface area contributed by atoms with Crippen molar-refractivity contribution in [3.63, 3.8) is 0 Å². The van der Waals surface area contributed by atoms with Crippen LogP contribution >= 0.6 is 0 Å². The molecule has 22 heavy (non-hydrogen) atoms. The number of halogens is 1. The van der Waals surface area contributed by atoms with E-state index in [9.17, 15) is 18.8 Å². The highest BCUT2D eigenvalue weighted by atomic mass is 19.1. The number of nitrogens with one attached hydrogen (secondary N) is 2. The predicted molar refractivity (Wildman–Crippen MR) is 77.1 cm³/mol. The van der Waals surface area contributed by atoms with Crippen LogP contribution < -0.4 is 10.9 Å². The Labute approximate surface area is 127 Å². The zero-order valence-electron chi connectivity index (χ0n) is 12.1. The van der Waals surface area contributed by atoms with Crippen LogP contribution in [0.3, 0.4) is 0 Å². The Balaban J connectivity index is 1.83. The normalized spacial score (nSPS) is 15.1. The van der Waals surface area contributed by atoms with Crippen molar-refractivity contribution in [1.29, 1.82) is 0 Å². The highest BCUT2D eigenvalue weighted by molar-refractivity contribution is 5.96. The lowest BCUT2D eigenvalue weighted by molar-refractivity contribution is -0.135. The molecule has 1 fully saturated rings. The summed E-state index contributed by atoms with van der Waals surface area (Å²) in [5, 5.41) is 0. The third kappa shape index (κ3) is 4.28. The second-order valence-electron chi connectivity index (χ2n) is 5.11. The number of hydrogen-bond donors (Lipinski definition) is 2. The first-order valence-corrected chi connectivity index (χ1v) is 7.19. The molecule has 0 aromatic heterocycles. The molecular formula is C15H18FN3O3. The van der Waals surface area contributed by atoms with Crippen LogP contribution in [0.25, 0.3) is 0 Å². The first-order valence-electron chi connectivity index (χ1n) is 7.19. The van der Waals surface area contributed by atoms with Gasteiger partial charge in [0.05, 0.1) is 5.56 Å². The molecule has 2 N–H and O–H groups in total. The first kappa shape index (κ1) is 15.9. The Kier molecular flexibility index (Phi) is 5.46. The molecule has 1 heterocycles. The van der Waals surface area contributed by atoms with Gasteiger partial charge in [0.25, 0.3) is 11.8 Å². The summed E-state index contributed by atoms with van der Waals surface area (Å²) in [5.74, 6) is -1.99. The fourth-order valence-corrected chi connectivity index (χ4v) is 2.26. The minimum atomic E-state index is -0.742. The average molecular weight is 307 g/mol. The van der Waals surface area contributed by atoms with Crippen LogP contribution in [0.4, 0.5) is 4.39 Å². The third-order valence-electron chi connectivity index (χ3n) is 3.44. The lowest BCUT2D eigenvalue weighted by Crippen LogP contribution is -2.47. The molecule has 1 aliphatic rings. The summed E-state index contributed by atoms with van der Waals surface area (Å²) in [6.07, 6.45) is 3.10. The number of amides is 3. The summed E-state index contributed by atoms with van der Waals surface area (Å²) in [4.78, 5) is 36.7. The average Bonchev–Trinajstić information content (AvgIpc) is 2.70. The van der Waals surface area contributed by atoms with Gasteiger partial charge in [0.1, 0.15) is 12.4 Å². The maximum atomic E-state index is 13.4. The highest BCUT2D eigenvalue weighted by Crippen LogP contribution is 2.10. The van der Waals surface area contributed by atoms with Gasteiger partial charge >= 0.3 is 0 Å². The molecule has 3 amide bonds. The molecule has 0 atom stereocenters. The molecular weight excluding hydrogens is 289 g/mol. The predicted octanol–water partition coefficient (Wildman–Crippen LogP) is 0.989. The number of carbonyl (C=O) groups excluding carboxylic acids is 3. The van der Waals surface area contributed by atoms with Crippen molar-refractivity contribution in [2.45, 2.75) is 25.7 Å². The summed E-state index contributed by atoms with van der Waals surface area (Å²) in [5.41, 5.74) is 4.18. The van der Waals surface area contributed by atoms with Crippen LogP contribution in [-0.4, -0.2) is 35.7 Å². The molecule has 0 radical (unpaired) electrons. The molecule has 7 heteroatoms. The van der Waals surface area contributed by atoms with Crippen LogP contribution in [0.2, 0.25) is 0 Å². The number of carbonyl (C=O) groups is 3. The van der Waals surface area contributed by atoms with Gasteiger partial charge in [0, 0.05) is 13.0 Å². The quantitative estimate of drug-likeness (QED) is 0.817. The van der Waals surface area contributed by atoms with Crippen molar-refractivity contribution in [2.75, 3.05) is 13.1 Å². The molecule has 0 unspecified atom stereocenters. The number of rotatable bonds is 3. The molecule has 6 nitrogen and oxygen atoms in total. The smallest absolute Gasteiger partial charge is 0.272 e. The molecule has 0 bridgehead atoms. The van der Waals surface area contributed by atoms with Crippen molar-refractivity contribution in [2.24, 2.45) is 0 Å². The van der Waals surface area contributed by atoms with Gasteiger partial charge in [-0.15, -0.1) is 0 Å². The highest BCUT2D eigenvalue weighted by Gasteiger charge is 2.19. The van der Waals surface area contributed by atoms with E-state index >= 15 is 0 Å². The number of hydrazine groups is 1. The maximum Gasteiger partial charge on any atom is 0.272 e. The van der Waals surface area contributed by atoms with Gasteiger partial charge in [-0.2, -0.15) is 0 Å². The zero-order valence-corrected chi connectivity index (χ0v) is 12.1. The minimum absolute atomic E-state index is 0.0620.